The first-order valence-corrected chi connectivity index (χ1v) is 6.86. The van der Waals surface area contributed by atoms with E-state index in [-0.39, 0.29) is 11.4 Å². The molecule has 98 valence electrons. The summed E-state index contributed by atoms with van der Waals surface area (Å²) in [6.45, 7) is 0.624. The van der Waals surface area contributed by atoms with Crippen molar-refractivity contribution >= 4 is 5.69 Å². The molecule has 2 N–H and O–H groups in total. The van der Waals surface area contributed by atoms with Crippen molar-refractivity contribution in [2.24, 2.45) is 17.6 Å². The fourth-order valence-corrected chi connectivity index (χ4v) is 4.18. The van der Waals surface area contributed by atoms with Crippen molar-refractivity contribution in [1.82, 2.24) is 0 Å². The first kappa shape index (κ1) is 12.0. The summed E-state index contributed by atoms with van der Waals surface area (Å²) < 4.78 is 14.0. The number of halogens is 1. The summed E-state index contributed by atoms with van der Waals surface area (Å²) in [4.78, 5) is 2.12. The van der Waals surface area contributed by atoms with Gasteiger partial charge in [0.15, 0.2) is 0 Å². The largest absolute Gasteiger partial charge is 0.365 e. The first-order chi connectivity index (χ1) is 8.67. The predicted molar refractivity (Wildman–Crippen MR) is 72.0 cm³/mol. The van der Waals surface area contributed by atoms with Crippen molar-refractivity contribution in [3.8, 4) is 0 Å². The third-order valence-corrected chi connectivity index (χ3v) is 5.18. The highest BCUT2D eigenvalue weighted by molar-refractivity contribution is 5.50. The molecule has 2 nitrogen and oxygen atoms in total. The number of hydrogen-bond donors (Lipinski definition) is 1. The number of hydrogen-bond acceptors (Lipinski definition) is 2. The van der Waals surface area contributed by atoms with Gasteiger partial charge in [0.1, 0.15) is 5.82 Å². The van der Waals surface area contributed by atoms with Crippen LogP contribution in [0.5, 0.6) is 0 Å². The van der Waals surface area contributed by atoms with Crippen LogP contribution < -0.4 is 10.6 Å². The van der Waals surface area contributed by atoms with Crippen molar-refractivity contribution in [2.75, 3.05) is 18.5 Å². The molecule has 1 aromatic carbocycles. The topological polar surface area (TPSA) is 29.3 Å². The van der Waals surface area contributed by atoms with Crippen molar-refractivity contribution in [2.45, 2.75) is 31.2 Å². The van der Waals surface area contributed by atoms with Crippen LogP contribution in [0.2, 0.25) is 0 Å². The lowest BCUT2D eigenvalue weighted by molar-refractivity contribution is 0.266. The molecule has 1 aromatic rings. The molecule has 0 heterocycles. The van der Waals surface area contributed by atoms with E-state index in [1.807, 2.05) is 19.2 Å². The number of fused-ring (bicyclic) bond motifs is 2. The standard InChI is InChI=1S/C15H21FN2/c1-18(14-5-3-2-4-13(14)16)15(10-17)9-11-6-7-12(15)8-11/h2-5,11-12H,6-10,17H2,1H3. The first-order valence-electron chi connectivity index (χ1n) is 6.86. The predicted octanol–water partition coefficient (Wildman–Crippen LogP) is 2.78. The van der Waals surface area contributed by atoms with E-state index in [1.165, 1.54) is 25.3 Å². The Hall–Kier alpha value is -1.09. The van der Waals surface area contributed by atoms with E-state index in [0.29, 0.717) is 18.2 Å². The SMILES string of the molecule is CN(c1ccccc1F)C1(CN)CC2CCC1C2. The van der Waals surface area contributed by atoms with Crippen molar-refractivity contribution in [3.63, 3.8) is 0 Å². The maximum absolute atomic E-state index is 14.0. The molecule has 2 bridgehead atoms. The van der Waals surface area contributed by atoms with Gasteiger partial charge in [-0.25, -0.2) is 4.39 Å². The van der Waals surface area contributed by atoms with Gasteiger partial charge in [0, 0.05) is 13.6 Å². The van der Waals surface area contributed by atoms with Gasteiger partial charge in [-0.2, -0.15) is 0 Å². The molecule has 3 unspecified atom stereocenters. The highest BCUT2D eigenvalue weighted by Crippen LogP contribution is 2.53. The van der Waals surface area contributed by atoms with E-state index in [1.54, 1.807) is 6.07 Å². The molecule has 2 aliphatic rings. The van der Waals surface area contributed by atoms with Crippen LogP contribution in [0.4, 0.5) is 10.1 Å². The van der Waals surface area contributed by atoms with Gasteiger partial charge in [-0.1, -0.05) is 12.1 Å². The van der Waals surface area contributed by atoms with E-state index in [0.717, 1.165) is 12.3 Å². The molecule has 3 heteroatoms. The fraction of sp³-hybridized carbons (Fsp3) is 0.600. The Balaban J connectivity index is 1.96. The molecule has 0 spiro atoms. The smallest absolute Gasteiger partial charge is 0.146 e. The fourth-order valence-electron chi connectivity index (χ4n) is 4.18. The van der Waals surface area contributed by atoms with Crippen molar-refractivity contribution in [3.05, 3.63) is 30.1 Å². The van der Waals surface area contributed by atoms with Crippen LogP contribution in [0.1, 0.15) is 25.7 Å². The summed E-state index contributed by atoms with van der Waals surface area (Å²) >= 11 is 0. The Morgan fingerprint density at radius 2 is 2.17 bits per heavy atom. The minimum atomic E-state index is -0.143. The normalized spacial score (nSPS) is 33.9. The van der Waals surface area contributed by atoms with Gasteiger partial charge in [-0.15, -0.1) is 0 Å². The Morgan fingerprint density at radius 1 is 1.39 bits per heavy atom. The van der Waals surface area contributed by atoms with Crippen molar-refractivity contribution < 1.29 is 4.39 Å². The summed E-state index contributed by atoms with van der Waals surface area (Å²) in [6.07, 6.45) is 4.98. The molecule has 0 aromatic heterocycles. The monoisotopic (exact) mass is 248 g/mol. The van der Waals surface area contributed by atoms with Crippen LogP contribution in [0.15, 0.2) is 24.3 Å². The van der Waals surface area contributed by atoms with Crippen molar-refractivity contribution in [1.29, 1.82) is 0 Å². The quantitative estimate of drug-likeness (QED) is 0.891. The molecular formula is C15H21FN2. The van der Waals surface area contributed by atoms with Crippen LogP contribution in [-0.2, 0) is 0 Å². The molecule has 3 atom stereocenters. The van der Waals surface area contributed by atoms with E-state index in [2.05, 4.69) is 4.90 Å². The number of nitrogens with zero attached hydrogens (tertiary/aromatic N) is 1. The summed E-state index contributed by atoms with van der Waals surface area (Å²) in [5.74, 6) is 1.29. The third-order valence-electron chi connectivity index (χ3n) is 5.18. The van der Waals surface area contributed by atoms with E-state index in [4.69, 9.17) is 5.73 Å². The summed E-state index contributed by atoms with van der Waals surface area (Å²) in [5.41, 5.74) is 6.75. The second kappa shape index (κ2) is 4.23. The minimum absolute atomic E-state index is 0.0227. The Kier molecular flexibility index (Phi) is 2.81. The third kappa shape index (κ3) is 1.57. The average molecular weight is 248 g/mol. The molecule has 0 radical (unpaired) electrons. The van der Waals surface area contributed by atoms with Gasteiger partial charge < -0.3 is 10.6 Å². The lowest BCUT2D eigenvalue weighted by Crippen LogP contribution is -2.56. The van der Waals surface area contributed by atoms with E-state index < -0.39 is 0 Å². The number of nitrogens with two attached hydrogens (primary N) is 1. The van der Waals surface area contributed by atoms with Crippen LogP contribution in [0.25, 0.3) is 0 Å². The van der Waals surface area contributed by atoms with E-state index in [9.17, 15) is 4.39 Å². The van der Waals surface area contributed by atoms with Gasteiger partial charge >= 0.3 is 0 Å². The Bertz CT molecular complexity index is 448. The maximum Gasteiger partial charge on any atom is 0.146 e. The van der Waals surface area contributed by atoms with Crippen LogP contribution in [-0.4, -0.2) is 19.1 Å². The zero-order valence-electron chi connectivity index (χ0n) is 10.9. The van der Waals surface area contributed by atoms with Crippen LogP contribution in [0, 0.1) is 17.7 Å². The number of rotatable bonds is 3. The van der Waals surface area contributed by atoms with Gasteiger partial charge in [0.05, 0.1) is 11.2 Å². The van der Waals surface area contributed by atoms with Gasteiger partial charge in [0.25, 0.3) is 0 Å². The molecule has 2 fully saturated rings. The van der Waals surface area contributed by atoms with Crippen LogP contribution in [0.3, 0.4) is 0 Å². The number of likely N-dealkylation sites (N-methyl/N-ethyl adjacent to an activating group) is 1. The Labute approximate surface area is 108 Å². The summed E-state index contributed by atoms with van der Waals surface area (Å²) in [6, 6.07) is 7.02. The molecular weight excluding hydrogens is 227 g/mol. The summed E-state index contributed by atoms with van der Waals surface area (Å²) in [5, 5.41) is 0. The maximum atomic E-state index is 14.0. The molecule has 0 saturated heterocycles. The van der Waals surface area contributed by atoms with Gasteiger partial charge in [0.2, 0.25) is 0 Å². The lowest BCUT2D eigenvalue weighted by Gasteiger charge is -2.46. The molecule has 0 amide bonds. The average Bonchev–Trinajstić information content (AvgIpc) is 2.99. The van der Waals surface area contributed by atoms with Gasteiger partial charge in [-0.05, 0) is 49.7 Å². The molecule has 3 rings (SSSR count). The molecule has 2 aliphatic carbocycles. The zero-order valence-corrected chi connectivity index (χ0v) is 10.9. The highest BCUT2D eigenvalue weighted by Gasteiger charge is 2.52. The Morgan fingerprint density at radius 3 is 2.72 bits per heavy atom. The highest BCUT2D eigenvalue weighted by atomic mass is 19.1. The minimum Gasteiger partial charge on any atom is -0.365 e. The second-order valence-corrected chi connectivity index (χ2v) is 5.90. The number of anilines is 1. The lowest BCUT2D eigenvalue weighted by atomic mass is 9.79. The number of para-hydroxylation sites is 1. The number of benzene rings is 1. The molecule has 0 aliphatic heterocycles. The molecule has 18 heavy (non-hydrogen) atoms. The van der Waals surface area contributed by atoms with Gasteiger partial charge in [-0.3, -0.25) is 0 Å². The second-order valence-electron chi connectivity index (χ2n) is 5.90. The van der Waals surface area contributed by atoms with Crippen LogP contribution >= 0.6 is 0 Å². The van der Waals surface area contributed by atoms with E-state index >= 15 is 0 Å². The zero-order chi connectivity index (χ0) is 12.8. The summed E-state index contributed by atoms with van der Waals surface area (Å²) in [7, 11) is 2.01. The molecule has 2 saturated carbocycles.